The standard InChI is InChI=1S/C14H21NO3/c1-14(2,3)9-6-10(12(17)8-15-4)13(18-5)11(16)7-9/h6-7,15-16H,8H2,1-5H3. The molecule has 0 bridgehead atoms. The van der Waals surface area contributed by atoms with Gasteiger partial charge in [0.1, 0.15) is 0 Å². The van der Waals surface area contributed by atoms with Crippen LogP contribution in [-0.4, -0.2) is 31.6 Å². The summed E-state index contributed by atoms with van der Waals surface area (Å²) in [5.74, 6) is 0.142. The van der Waals surface area contributed by atoms with Crippen LogP contribution in [0.1, 0.15) is 36.7 Å². The summed E-state index contributed by atoms with van der Waals surface area (Å²) in [6, 6.07) is 3.44. The second-order valence-corrected chi connectivity index (χ2v) is 5.28. The van der Waals surface area contributed by atoms with E-state index in [4.69, 9.17) is 4.74 Å². The van der Waals surface area contributed by atoms with Crippen LogP contribution in [0.15, 0.2) is 12.1 Å². The van der Waals surface area contributed by atoms with E-state index in [1.807, 2.05) is 20.8 Å². The molecule has 0 saturated heterocycles. The number of Topliss-reactive ketones (excluding diaryl/α,β-unsaturated/α-hetero) is 1. The lowest BCUT2D eigenvalue weighted by Crippen LogP contribution is -2.20. The largest absolute Gasteiger partial charge is 0.504 e. The third-order valence-electron chi connectivity index (χ3n) is 2.78. The Kier molecular flexibility index (Phi) is 4.35. The molecule has 4 nitrogen and oxygen atoms in total. The number of ether oxygens (including phenoxy) is 1. The number of nitrogens with one attached hydrogen (secondary N) is 1. The molecule has 1 aromatic rings. The van der Waals surface area contributed by atoms with Crippen LogP contribution in [0.2, 0.25) is 0 Å². The number of methoxy groups -OCH3 is 1. The van der Waals surface area contributed by atoms with Gasteiger partial charge in [0.05, 0.1) is 19.2 Å². The van der Waals surface area contributed by atoms with Gasteiger partial charge in [-0.25, -0.2) is 0 Å². The van der Waals surface area contributed by atoms with Crippen LogP contribution >= 0.6 is 0 Å². The van der Waals surface area contributed by atoms with Gasteiger partial charge in [0.25, 0.3) is 0 Å². The number of benzene rings is 1. The summed E-state index contributed by atoms with van der Waals surface area (Å²) in [7, 11) is 3.15. The van der Waals surface area contributed by atoms with Crippen molar-refractivity contribution in [3.8, 4) is 11.5 Å². The molecule has 4 heteroatoms. The van der Waals surface area contributed by atoms with Gasteiger partial charge in [0.2, 0.25) is 0 Å². The van der Waals surface area contributed by atoms with Crippen LogP contribution in [0.4, 0.5) is 0 Å². The smallest absolute Gasteiger partial charge is 0.180 e. The van der Waals surface area contributed by atoms with Crippen LogP contribution in [0.3, 0.4) is 0 Å². The quantitative estimate of drug-likeness (QED) is 0.805. The third kappa shape index (κ3) is 3.01. The fraction of sp³-hybridized carbons (Fsp3) is 0.500. The summed E-state index contributed by atoms with van der Waals surface area (Å²) in [4.78, 5) is 12.0. The van der Waals surface area contributed by atoms with Crippen LogP contribution in [0, 0.1) is 0 Å². The number of ketones is 1. The highest BCUT2D eigenvalue weighted by molar-refractivity contribution is 6.01. The summed E-state index contributed by atoms with van der Waals surface area (Å²) in [6.45, 7) is 6.30. The van der Waals surface area contributed by atoms with E-state index in [1.54, 1.807) is 19.2 Å². The van der Waals surface area contributed by atoms with Crippen molar-refractivity contribution < 1.29 is 14.6 Å². The summed E-state index contributed by atoms with van der Waals surface area (Å²) < 4.78 is 5.11. The van der Waals surface area contributed by atoms with Crippen LogP contribution in [-0.2, 0) is 5.41 Å². The first-order chi connectivity index (χ1) is 8.31. The predicted molar refractivity (Wildman–Crippen MR) is 71.6 cm³/mol. The average Bonchev–Trinajstić information content (AvgIpc) is 2.27. The number of phenolic OH excluding ortho intramolecular Hbond substituents is 1. The maximum absolute atomic E-state index is 12.0. The van der Waals surface area contributed by atoms with Gasteiger partial charge in [-0.15, -0.1) is 0 Å². The number of carbonyl (C=O) groups is 1. The Labute approximate surface area is 108 Å². The molecule has 2 N–H and O–H groups in total. The predicted octanol–water partition coefficient (Wildman–Crippen LogP) is 2.10. The molecule has 0 saturated carbocycles. The highest BCUT2D eigenvalue weighted by atomic mass is 16.5. The molecule has 0 atom stereocenters. The van der Waals surface area contributed by atoms with Crippen molar-refractivity contribution >= 4 is 5.78 Å². The Hall–Kier alpha value is -1.55. The number of rotatable bonds is 4. The minimum Gasteiger partial charge on any atom is -0.504 e. The molecule has 0 unspecified atom stereocenters. The number of hydrogen-bond donors (Lipinski definition) is 2. The van der Waals surface area contributed by atoms with Crippen molar-refractivity contribution in [2.45, 2.75) is 26.2 Å². The Morgan fingerprint density at radius 3 is 2.44 bits per heavy atom. The van der Waals surface area contributed by atoms with Gasteiger partial charge in [-0.1, -0.05) is 20.8 Å². The highest BCUT2D eigenvalue weighted by Gasteiger charge is 2.22. The summed E-state index contributed by atoms with van der Waals surface area (Å²) in [6.07, 6.45) is 0. The van der Waals surface area contributed by atoms with Crippen molar-refractivity contribution in [2.24, 2.45) is 0 Å². The Morgan fingerprint density at radius 1 is 1.39 bits per heavy atom. The van der Waals surface area contributed by atoms with Gasteiger partial charge in [0.15, 0.2) is 17.3 Å². The van der Waals surface area contributed by atoms with E-state index < -0.39 is 0 Å². The molecule has 0 radical (unpaired) electrons. The first-order valence-electron chi connectivity index (χ1n) is 5.90. The minimum absolute atomic E-state index is 0.00405. The number of likely N-dealkylation sites (N-methyl/N-ethyl adjacent to an activating group) is 1. The molecule has 0 aliphatic carbocycles. The van der Waals surface area contributed by atoms with E-state index >= 15 is 0 Å². The average molecular weight is 251 g/mol. The van der Waals surface area contributed by atoms with E-state index in [0.29, 0.717) is 5.56 Å². The fourth-order valence-electron chi connectivity index (χ4n) is 1.72. The number of hydrogen-bond acceptors (Lipinski definition) is 4. The van der Waals surface area contributed by atoms with E-state index in [9.17, 15) is 9.90 Å². The topological polar surface area (TPSA) is 58.6 Å². The summed E-state index contributed by atoms with van der Waals surface area (Å²) in [5.41, 5.74) is 1.18. The second-order valence-electron chi connectivity index (χ2n) is 5.28. The number of carbonyl (C=O) groups excluding carboxylic acids is 1. The molecule has 0 aliphatic rings. The fourth-order valence-corrected chi connectivity index (χ4v) is 1.72. The molecule has 0 aliphatic heterocycles. The number of phenols is 1. The van der Waals surface area contributed by atoms with Gasteiger partial charge in [-0.05, 0) is 30.2 Å². The number of aromatic hydroxyl groups is 1. The Bertz CT molecular complexity index is 447. The zero-order valence-corrected chi connectivity index (χ0v) is 11.6. The van der Waals surface area contributed by atoms with Crippen LogP contribution in [0.25, 0.3) is 0 Å². The maximum atomic E-state index is 12.0. The third-order valence-corrected chi connectivity index (χ3v) is 2.78. The normalized spacial score (nSPS) is 11.4. The summed E-state index contributed by atoms with van der Waals surface area (Å²) in [5, 5.41) is 12.8. The van der Waals surface area contributed by atoms with E-state index in [0.717, 1.165) is 5.56 Å². The Morgan fingerprint density at radius 2 is 2.00 bits per heavy atom. The molecule has 1 aromatic carbocycles. The lowest BCUT2D eigenvalue weighted by molar-refractivity contribution is 0.0990. The molecule has 100 valence electrons. The van der Waals surface area contributed by atoms with Gasteiger partial charge >= 0.3 is 0 Å². The first-order valence-corrected chi connectivity index (χ1v) is 5.90. The summed E-state index contributed by atoms with van der Waals surface area (Å²) >= 11 is 0. The molecule has 0 aromatic heterocycles. The first kappa shape index (κ1) is 14.5. The second kappa shape index (κ2) is 5.40. The van der Waals surface area contributed by atoms with Crippen molar-refractivity contribution in [1.29, 1.82) is 0 Å². The molecule has 1 rings (SSSR count). The molecule has 0 heterocycles. The van der Waals surface area contributed by atoms with Crippen molar-refractivity contribution in [3.05, 3.63) is 23.3 Å². The molecule has 0 amide bonds. The van der Waals surface area contributed by atoms with Crippen molar-refractivity contribution in [1.82, 2.24) is 5.32 Å². The molecule has 0 spiro atoms. The molecule has 0 fully saturated rings. The van der Waals surface area contributed by atoms with Crippen molar-refractivity contribution in [3.63, 3.8) is 0 Å². The maximum Gasteiger partial charge on any atom is 0.180 e. The Balaban J connectivity index is 3.37. The van der Waals surface area contributed by atoms with Crippen LogP contribution in [0.5, 0.6) is 11.5 Å². The molecular weight excluding hydrogens is 230 g/mol. The monoisotopic (exact) mass is 251 g/mol. The lowest BCUT2D eigenvalue weighted by Gasteiger charge is -2.21. The highest BCUT2D eigenvalue weighted by Crippen LogP contribution is 2.36. The minimum atomic E-state index is -0.140. The molecular formula is C14H21NO3. The van der Waals surface area contributed by atoms with Crippen LogP contribution < -0.4 is 10.1 Å². The van der Waals surface area contributed by atoms with Crippen molar-refractivity contribution in [2.75, 3.05) is 20.7 Å². The van der Waals surface area contributed by atoms with Gasteiger partial charge in [0, 0.05) is 0 Å². The SMILES string of the molecule is CNCC(=O)c1cc(C(C)(C)C)cc(O)c1OC. The zero-order chi connectivity index (χ0) is 13.9. The van der Waals surface area contributed by atoms with E-state index in [2.05, 4.69) is 5.32 Å². The van der Waals surface area contributed by atoms with Gasteiger partial charge in [-0.3, -0.25) is 4.79 Å². The van der Waals surface area contributed by atoms with E-state index in [-0.39, 0.29) is 29.2 Å². The lowest BCUT2D eigenvalue weighted by atomic mass is 9.85. The van der Waals surface area contributed by atoms with Gasteiger partial charge < -0.3 is 15.2 Å². The van der Waals surface area contributed by atoms with E-state index in [1.165, 1.54) is 7.11 Å². The zero-order valence-electron chi connectivity index (χ0n) is 11.6. The van der Waals surface area contributed by atoms with Gasteiger partial charge in [-0.2, -0.15) is 0 Å². The molecule has 18 heavy (non-hydrogen) atoms.